The lowest BCUT2D eigenvalue weighted by atomic mass is 10.0. The first-order valence-electron chi connectivity index (χ1n) is 12.4. The molecule has 2 atom stereocenters. The molecule has 4 aromatic rings. The number of sulfone groups is 1. The molecule has 0 radical (unpaired) electrons. The van der Waals surface area contributed by atoms with Gasteiger partial charge in [0.05, 0.1) is 6.10 Å². The van der Waals surface area contributed by atoms with Crippen LogP contribution in [0.25, 0.3) is 10.9 Å². The summed E-state index contributed by atoms with van der Waals surface area (Å²) in [5.74, 6) is -1.15. The van der Waals surface area contributed by atoms with Gasteiger partial charge in [-0.25, -0.2) is 13.2 Å². The summed E-state index contributed by atoms with van der Waals surface area (Å²) in [5.41, 5.74) is 4.55. The van der Waals surface area contributed by atoms with Crippen molar-refractivity contribution in [2.75, 3.05) is 24.0 Å². The number of hydrogen-bond donors (Lipinski definition) is 4. The van der Waals surface area contributed by atoms with E-state index in [4.69, 9.17) is 0 Å². The summed E-state index contributed by atoms with van der Waals surface area (Å²) in [7, 11) is -3.14. The molecule has 0 amide bonds. The number of carboxylic acid groups (broad SMARTS) is 1. The molecule has 1 aromatic heterocycles. The Balaban J connectivity index is 1.45. The number of aromatic carboxylic acids is 1. The van der Waals surface area contributed by atoms with Crippen molar-refractivity contribution < 1.29 is 23.4 Å². The van der Waals surface area contributed by atoms with E-state index in [1.165, 1.54) is 0 Å². The minimum atomic E-state index is -3.14. The summed E-state index contributed by atoms with van der Waals surface area (Å²) in [6, 6.07) is 24.6. The molecule has 3 aromatic carbocycles. The van der Waals surface area contributed by atoms with Gasteiger partial charge in [0, 0.05) is 42.0 Å². The molecule has 9 heteroatoms. The number of hydrogen-bond acceptors (Lipinski definition) is 6. The van der Waals surface area contributed by atoms with Gasteiger partial charge >= 0.3 is 5.97 Å². The van der Waals surface area contributed by atoms with Crippen molar-refractivity contribution >= 4 is 32.4 Å². The van der Waals surface area contributed by atoms with Crippen LogP contribution in [0.2, 0.25) is 0 Å². The molecular formula is C29H33N3O5S. The van der Waals surface area contributed by atoms with Gasteiger partial charge in [-0.1, -0.05) is 48.5 Å². The first-order valence-corrected chi connectivity index (χ1v) is 14.5. The number of benzene rings is 3. The molecule has 0 aliphatic heterocycles. The second-order valence-electron chi connectivity index (χ2n) is 9.70. The zero-order valence-corrected chi connectivity index (χ0v) is 22.3. The Labute approximate surface area is 222 Å². The number of aromatic nitrogens is 1. The van der Waals surface area contributed by atoms with Crippen molar-refractivity contribution in [3.05, 3.63) is 101 Å². The predicted molar refractivity (Wildman–Crippen MR) is 150 cm³/mol. The van der Waals surface area contributed by atoms with Gasteiger partial charge in [0.15, 0.2) is 9.84 Å². The molecule has 0 saturated heterocycles. The van der Waals surface area contributed by atoms with Gasteiger partial charge in [0.1, 0.15) is 11.6 Å². The Hall–Kier alpha value is -3.66. The number of aliphatic hydroxyl groups is 1. The van der Waals surface area contributed by atoms with Crippen molar-refractivity contribution in [3.8, 4) is 0 Å². The lowest BCUT2D eigenvalue weighted by molar-refractivity contribution is 0.0686. The van der Waals surface area contributed by atoms with Gasteiger partial charge in [-0.2, -0.15) is 0 Å². The topological polar surface area (TPSA) is 121 Å². The van der Waals surface area contributed by atoms with Gasteiger partial charge in [-0.3, -0.25) is 0 Å². The standard InChI is InChI=1S/C29H33N3O5S/c1-20(30-17-28(33)23-6-4-3-5-7-23)14-22-10-13-26-24(15-22)16-27(29(34)35)32(26)18-21-8-11-25(12-9-21)31-19-38(2,36)37/h3-13,15-16,20,28,30-31,33H,14,17-19H2,1-2H3,(H,34,35). The van der Waals surface area contributed by atoms with E-state index in [0.717, 1.165) is 40.3 Å². The second-order valence-corrected chi connectivity index (χ2v) is 11.8. The summed E-state index contributed by atoms with van der Waals surface area (Å²) in [6.07, 6.45) is 1.31. The fraction of sp³-hybridized carbons (Fsp3) is 0.276. The van der Waals surface area contributed by atoms with Gasteiger partial charge in [-0.05, 0) is 60.4 Å². The number of aliphatic hydroxyl groups excluding tert-OH is 1. The maximum absolute atomic E-state index is 12.0. The third-order valence-electron chi connectivity index (χ3n) is 6.40. The minimum Gasteiger partial charge on any atom is -0.477 e. The van der Waals surface area contributed by atoms with Crippen LogP contribution in [-0.4, -0.2) is 53.9 Å². The molecule has 2 unspecified atom stereocenters. The van der Waals surface area contributed by atoms with Gasteiger partial charge in [-0.15, -0.1) is 0 Å². The summed E-state index contributed by atoms with van der Waals surface area (Å²) >= 11 is 0. The largest absolute Gasteiger partial charge is 0.477 e. The van der Waals surface area contributed by atoms with Crippen LogP contribution in [0.4, 0.5) is 5.69 Å². The highest BCUT2D eigenvalue weighted by atomic mass is 32.2. The summed E-state index contributed by atoms with van der Waals surface area (Å²) in [6.45, 7) is 2.87. The maximum atomic E-state index is 12.0. The number of carboxylic acids is 1. The molecule has 1 heterocycles. The quantitative estimate of drug-likeness (QED) is 0.216. The smallest absolute Gasteiger partial charge is 0.352 e. The van der Waals surface area contributed by atoms with E-state index in [1.807, 2.05) is 60.7 Å². The molecule has 4 N–H and O–H groups in total. The highest BCUT2D eigenvalue weighted by molar-refractivity contribution is 7.90. The highest BCUT2D eigenvalue weighted by Crippen LogP contribution is 2.24. The zero-order chi connectivity index (χ0) is 27.3. The van der Waals surface area contributed by atoms with E-state index in [0.29, 0.717) is 18.8 Å². The van der Waals surface area contributed by atoms with Crippen LogP contribution in [0, 0.1) is 0 Å². The fourth-order valence-electron chi connectivity index (χ4n) is 4.45. The number of rotatable bonds is 12. The van der Waals surface area contributed by atoms with E-state index >= 15 is 0 Å². The Morgan fingerprint density at radius 1 is 0.974 bits per heavy atom. The molecule has 200 valence electrons. The zero-order valence-electron chi connectivity index (χ0n) is 21.5. The first-order chi connectivity index (χ1) is 18.1. The Bertz CT molecular complexity index is 1500. The van der Waals surface area contributed by atoms with E-state index in [-0.39, 0.29) is 17.6 Å². The number of nitrogens with one attached hydrogen (secondary N) is 2. The lowest BCUT2D eigenvalue weighted by Gasteiger charge is -2.18. The molecule has 38 heavy (non-hydrogen) atoms. The van der Waals surface area contributed by atoms with Gasteiger partial charge < -0.3 is 25.4 Å². The first kappa shape index (κ1) is 27.4. The maximum Gasteiger partial charge on any atom is 0.352 e. The monoisotopic (exact) mass is 535 g/mol. The van der Waals surface area contributed by atoms with Crippen LogP contribution < -0.4 is 10.6 Å². The molecule has 0 bridgehead atoms. The van der Waals surface area contributed by atoms with Crippen LogP contribution in [0.15, 0.2) is 78.9 Å². The minimum absolute atomic E-state index is 0.113. The van der Waals surface area contributed by atoms with Crippen LogP contribution in [0.1, 0.15) is 40.2 Å². The Morgan fingerprint density at radius 3 is 2.32 bits per heavy atom. The van der Waals surface area contributed by atoms with Crippen molar-refractivity contribution in [1.29, 1.82) is 0 Å². The third-order valence-corrected chi connectivity index (χ3v) is 7.07. The fourth-order valence-corrected chi connectivity index (χ4v) is 4.88. The van der Waals surface area contributed by atoms with E-state index in [1.54, 1.807) is 22.8 Å². The second kappa shape index (κ2) is 11.8. The van der Waals surface area contributed by atoms with Crippen LogP contribution in [-0.2, 0) is 22.8 Å². The van der Waals surface area contributed by atoms with E-state index in [9.17, 15) is 23.4 Å². The lowest BCUT2D eigenvalue weighted by Crippen LogP contribution is -2.32. The van der Waals surface area contributed by atoms with Crippen LogP contribution >= 0.6 is 0 Å². The molecule has 8 nitrogen and oxygen atoms in total. The number of carbonyl (C=O) groups is 1. The van der Waals surface area contributed by atoms with E-state index < -0.39 is 21.9 Å². The Kier molecular flexibility index (Phi) is 8.51. The molecule has 0 fully saturated rings. The Morgan fingerprint density at radius 2 is 1.66 bits per heavy atom. The van der Waals surface area contributed by atoms with Crippen molar-refractivity contribution in [2.45, 2.75) is 32.0 Å². The van der Waals surface area contributed by atoms with Crippen LogP contribution in [0.3, 0.4) is 0 Å². The van der Waals surface area contributed by atoms with Gasteiger partial charge in [0.2, 0.25) is 0 Å². The SMILES string of the molecule is CC(Cc1ccc2c(c1)cc(C(=O)O)n2Cc1ccc(NCS(C)(=O)=O)cc1)NCC(O)c1ccccc1. The number of anilines is 1. The molecule has 0 aliphatic carbocycles. The molecule has 0 aliphatic rings. The van der Waals surface area contributed by atoms with Crippen molar-refractivity contribution in [2.24, 2.45) is 0 Å². The van der Waals surface area contributed by atoms with Gasteiger partial charge in [0.25, 0.3) is 0 Å². The summed E-state index contributed by atoms with van der Waals surface area (Å²) < 4.78 is 24.5. The molecule has 0 spiro atoms. The van der Waals surface area contributed by atoms with Crippen molar-refractivity contribution in [1.82, 2.24) is 9.88 Å². The predicted octanol–water partition coefficient (Wildman–Crippen LogP) is 4.06. The van der Waals surface area contributed by atoms with Crippen molar-refractivity contribution in [3.63, 3.8) is 0 Å². The number of fused-ring (bicyclic) bond motifs is 1. The summed E-state index contributed by atoms with van der Waals surface area (Å²) in [4.78, 5) is 12.0. The molecule has 0 saturated carbocycles. The third kappa shape index (κ3) is 7.22. The average Bonchev–Trinajstić information content (AvgIpc) is 3.24. The molecule has 4 rings (SSSR count). The number of nitrogens with zero attached hydrogens (tertiary/aromatic N) is 1. The normalized spacial score (nSPS) is 13.3. The molecular weight excluding hydrogens is 502 g/mol. The summed E-state index contributed by atoms with van der Waals surface area (Å²) in [5, 5.41) is 27.3. The average molecular weight is 536 g/mol. The highest BCUT2D eigenvalue weighted by Gasteiger charge is 2.16. The van der Waals surface area contributed by atoms with Crippen LogP contribution in [0.5, 0.6) is 0 Å². The van der Waals surface area contributed by atoms with E-state index in [2.05, 4.69) is 17.6 Å².